The molecule has 0 aliphatic carbocycles. The summed E-state index contributed by atoms with van der Waals surface area (Å²) in [6.45, 7) is 0. The van der Waals surface area contributed by atoms with Crippen LogP contribution in [0.5, 0.6) is 5.75 Å². The van der Waals surface area contributed by atoms with Crippen molar-refractivity contribution in [2.75, 3.05) is 14.2 Å². The first-order valence-electron chi connectivity index (χ1n) is 4.83. The summed E-state index contributed by atoms with van der Waals surface area (Å²) >= 11 is 0. The number of phenolic OH excluding ortho intramolecular Hbond substituents is 1. The molecule has 0 bridgehead atoms. The van der Waals surface area contributed by atoms with Crippen molar-refractivity contribution in [3.8, 4) is 5.75 Å². The molecule has 1 aromatic carbocycles. The molecule has 0 aromatic heterocycles. The maximum atomic E-state index is 12.7. The Bertz CT molecular complexity index is 522. The zero-order valence-electron chi connectivity index (χ0n) is 9.87. The molecule has 0 heterocycles. The number of aromatic hydroxyl groups is 1. The largest absolute Gasteiger partial charge is 0.507 e. The van der Waals surface area contributed by atoms with Crippen LogP contribution in [0.2, 0.25) is 0 Å². The number of carbonyl (C=O) groups excluding carboxylic acids is 2. The third kappa shape index (κ3) is 2.95. The fourth-order valence-corrected chi connectivity index (χ4v) is 1.43. The topological polar surface area (TPSA) is 72.8 Å². The van der Waals surface area contributed by atoms with Gasteiger partial charge in [-0.2, -0.15) is 13.2 Å². The molecular weight excluding hydrogens is 269 g/mol. The number of methoxy groups -OCH3 is 2. The Morgan fingerprint density at radius 1 is 1.11 bits per heavy atom. The van der Waals surface area contributed by atoms with Gasteiger partial charge in [0.1, 0.15) is 11.3 Å². The van der Waals surface area contributed by atoms with Crippen molar-refractivity contribution in [3.63, 3.8) is 0 Å². The van der Waals surface area contributed by atoms with E-state index in [4.69, 9.17) is 0 Å². The van der Waals surface area contributed by atoms with Crippen molar-refractivity contribution in [2.45, 2.75) is 6.18 Å². The lowest BCUT2D eigenvalue weighted by molar-refractivity contribution is -0.139. The molecule has 1 rings (SSSR count). The van der Waals surface area contributed by atoms with E-state index in [0.717, 1.165) is 14.2 Å². The van der Waals surface area contributed by atoms with Crippen LogP contribution in [-0.4, -0.2) is 31.3 Å². The molecule has 0 atom stereocenters. The van der Waals surface area contributed by atoms with Crippen LogP contribution >= 0.6 is 0 Å². The smallest absolute Gasteiger partial charge is 0.420 e. The zero-order valence-corrected chi connectivity index (χ0v) is 9.87. The van der Waals surface area contributed by atoms with Crippen molar-refractivity contribution in [1.82, 2.24) is 0 Å². The highest BCUT2D eigenvalue weighted by molar-refractivity contribution is 5.97. The monoisotopic (exact) mass is 278 g/mol. The molecular formula is C11H9F3O5. The number of esters is 2. The van der Waals surface area contributed by atoms with E-state index in [-0.39, 0.29) is 0 Å². The van der Waals surface area contributed by atoms with Gasteiger partial charge in [-0.05, 0) is 12.1 Å². The second-order valence-corrected chi connectivity index (χ2v) is 3.40. The van der Waals surface area contributed by atoms with Crippen LogP contribution in [0.3, 0.4) is 0 Å². The highest BCUT2D eigenvalue weighted by Crippen LogP contribution is 2.39. The summed E-state index contributed by atoms with van der Waals surface area (Å²) in [5.74, 6) is -3.57. The molecule has 0 unspecified atom stereocenters. The number of ether oxygens (including phenoxy) is 2. The van der Waals surface area contributed by atoms with Crippen molar-refractivity contribution in [1.29, 1.82) is 0 Å². The molecule has 0 spiro atoms. The van der Waals surface area contributed by atoms with Crippen LogP contribution in [0.4, 0.5) is 13.2 Å². The fraction of sp³-hybridized carbons (Fsp3) is 0.273. The van der Waals surface area contributed by atoms with E-state index < -0.39 is 40.6 Å². The van der Waals surface area contributed by atoms with E-state index >= 15 is 0 Å². The van der Waals surface area contributed by atoms with Crippen LogP contribution in [0, 0.1) is 0 Å². The van der Waals surface area contributed by atoms with Gasteiger partial charge in [-0.1, -0.05) is 0 Å². The highest BCUT2D eigenvalue weighted by atomic mass is 19.4. The minimum atomic E-state index is -4.97. The van der Waals surface area contributed by atoms with E-state index in [9.17, 15) is 27.9 Å². The minimum absolute atomic E-state index is 0.395. The van der Waals surface area contributed by atoms with Crippen molar-refractivity contribution in [3.05, 3.63) is 28.8 Å². The Labute approximate surface area is 105 Å². The summed E-state index contributed by atoms with van der Waals surface area (Å²) in [5.41, 5.74) is -2.92. The van der Waals surface area contributed by atoms with E-state index in [1.165, 1.54) is 0 Å². The van der Waals surface area contributed by atoms with Gasteiger partial charge in [-0.3, -0.25) is 0 Å². The Balaban J connectivity index is 3.57. The first kappa shape index (κ1) is 14.8. The number of alkyl halides is 3. The van der Waals surface area contributed by atoms with Gasteiger partial charge in [0.25, 0.3) is 0 Å². The van der Waals surface area contributed by atoms with Gasteiger partial charge >= 0.3 is 18.1 Å². The first-order chi connectivity index (χ1) is 8.72. The van der Waals surface area contributed by atoms with Gasteiger partial charge in [0.2, 0.25) is 0 Å². The average Bonchev–Trinajstić information content (AvgIpc) is 2.34. The van der Waals surface area contributed by atoms with E-state index in [2.05, 4.69) is 9.47 Å². The number of benzene rings is 1. The van der Waals surface area contributed by atoms with E-state index in [1.807, 2.05) is 0 Å². The Kier molecular flexibility index (Phi) is 4.03. The van der Waals surface area contributed by atoms with Gasteiger partial charge in [-0.25, -0.2) is 9.59 Å². The number of rotatable bonds is 2. The molecule has 19 heavy (non-hydrogen) atoms. The standard InChI is InChI=1S/C11H9F3O5/c1-18-9(16)5-3-6(10(17)19-2)8(7(15)4-5)11(12,13)14/h3-4,15H,1-2H3. The number of hydrogen-bond donors (Lipinski definition) is 1. The summed E-state index contributed by atoms with van der Waals surface area (Å²) in [4.78, 5) is 22.5. The van der Waals surface area contributed by atoms with Crippen molar-refractivity contribution >= 4 is 11.9 Å². The summed E-state index contributed by atoms with van der Waals surface area (Å²) in [6, 6.07) is 1.22. The van der Waals surface area contributed by atoms with Crippen LogP contribution in [-0.2, 0) is 15.7 Å². The van der Waals surface area contributed by atoms with Crippen molar-refractivity contribution in [2.24, 2.45) is 0 Å². The third-order valence-electron chi connectivity index (χ3n) is 2.23. The number of halogens is 3. The van der Waals surface area contributed by atoms with Crippen LogP contribution in [0.25, 0.3) is 0 Å². The maximum absolute atomic E-state index is 12.7. The summed E-state index contributed by atoms with van der Waals surface area (Å²) in [5, 5.41) is 9.36. The Morgan fingerprint density at radius 3 is 2.05 bits per heavy atom. The minimum Gasteiger partial charge on any atom is -0.507 e. The fourth-order valence-electron chi connectivity index (χ4n) is 1.43. The molecule has 0 radical (unpaired) electrons. The molecule has 0 fully saturated rings. The number of hydrogen-bond acceptors (Lipinski definition) is 5. The number of phenols is 1. The predicted octanol–water partition coefficient (Wildman–Crippen LogP) is 1.98. The quantitative estimate of drug-likeness (QED) is 0.837. The SMILES string of the molecule is COC(=O)c1cc(O)c(C(F)(F)F)c(C(=O)OC)c1. The van der Waals surface area contributed by atoms with Crippen LogP contribution in [0.1, 0.15) is 26.3 Å². The van der Waals surface area contributed by atoms with Crippen molar-refractivity contribution < 1.29 is 37.3 Å². The molecule has 8 heteroatoms. The van der Waals surface area contributed by atoms with Gasteiger partial charge in [0.05, 0.1) is 25.3 Å². The first-order valence-corrected chi connectivity index (χ1v) is 4.83. The Hall–Kier alpha value is -2.25. The molecule has 0 saturated carbocycles. The zero-order chi connectivity index (χ0) is 14.8. The lowest BCUT2D eigenvalue weighted by atomic mass is 10.0. The average molecular weight is 278 g/mol. The van der Waals surface area contributed by atoms with Gasteiger partial charge in [-0.15, -0.1) is 0 Å². The van der Waals surface area contributed by atoms with Gasteiger partial charge in [0, 0.05) is 0 Å². The normalized spacial score (nSPS) is 11.0. The maximum Gasteiger partial charge on any atom is 0.420 e. The summed E-state index contributed by atoms with van der Waals surface area (Å²) < 4.78 is 46.7. The molecule has 5 nitrogen and oxygen atoms in total. The molecule has 0 aliphatic heterocycles. The molecule has 104 valence electrons. The third-order valence-corrected chi connectivity index (χ3v) is 2.23. The summed E-state index contributed by atoms with van der Waals surface area (Å²) in [6.07, 6.45) is -4.97. The molecule has 0 aliphatic rings. The van der Waals surface area contributed by atoms with Gasteiger partial charge in [0.15, 0.2) is 0 Å². The predicted molar refractivity (Wildman–Crippen MR) is 55.8 cm³/mol. The second-order valence-electron chi connectivity index (χ2n) is 3.40. The lowest BCUT2D eigenvalue weighted by Gasteiger charge is -2.14. The Morgan fingerprint density at radius 2 is 1.63 bits per heavy atom. The van der Waals surface area contributed by atoms with E-state index in [1.54, 1.807) is 0 Å². The van der Waals surface area contributed by atoms with Crippen LogP contribution < -0.4 is 0 Å². The van der Waals surface area contributed by atoms with Crippen LogP contribution in [0.15, 0.2) is 12.1 Å². The summed E-state index contributed by atoms with van der Waals surface area (Å²) in [7, 11) is 1.89. The highest BCUT2D eigenvalue weighted by Gasteiger charge is 2.39. The molecule has 1 aromatic rings. The number of carbonyl (C=O) groups is 2. The lowest BCUT2D eigenvalue weighted by Crippen LogP contribution is -2.16. The molecule has 0 saturated heterocycles. The van der Waals surface area contributed by atoms with Gasteiger partial charge < -0.3 is 14.6 Å². The molecule has 0 amide bonds. The van der Waals surface area contributed by atoms with E-state index in [0.29, 0.717) is 12.1 Å². The molecule has 1 N–H and O–H groups in total. The second kappa shape index (κ2) is 5.17.